The highest BCUT2D eigenvalue weighted by Crippen LogP contribution is 2.40. The molecule has 2 heterocycles. The normalized spacial score (nSPS) is 14.2. The van der Waals surface area contributed by atoms with E-state index in [4.69, 9.17) is 0 Å². The summed E-state index contributed by atoms with van der Waals surface area (Å²) in [6.07, 6.45) is 7.24. The Labute approximate surface area is 139 Å². The van der Waals surface area contributed by atoms with Crippen LogP contribution < -0.4 is 5.43 Å². The smallest absolute Gasteiger partial charge is 0.267 e. The maximum Gasteiger partial charge on any atom is 0.272 e. The zero-order valence-corrected chi connectivity index (χ0v) is 13.0. The van der Waals surface area contributed by atoms with Crippen molar-refractivity contribution >= 4 is 23.0 Å². The topological polar surface area (TPSA) is 67.2 Å². The van der Waals surface area contributed by atoms with Crippen molar-refractivity contribution < 1.29 is 4.79 Å². The fraction of sp³-hybridized carbons (Fsp3) is 0.158. The second kappa shape index (κ2) is 6.20. The van der Waals surface area contributed by atoms with Gasteiger partial charge >= 0.3 is 0 Å². The number of amides is 1. The molecule has 3 aromatic rings. The molecule has 4 rings (SSSR count). The molecule has 1 saturated carbocycles. The third-order valence-corrected chi connectivity index (χ3v) is 4.04. The standard InChI is InChI=1S/C19H16N4O/c24-19(23-21-12-13-4-3-9-20-11-13)16-10-18(14-7-8-14)22-17-6-2-1-5-15(16)17/h1-6,9-12,14H,7-8H2,(H,23,24)/b21-12-. The maximum absolute atomic E-state index is 12.6. The number of hydrazone groups is 1. The second-order valence-electron chi connectivity index (χ2n) is 5.87. The van der Waals surface area contributed by atoms with Gasteiger partial charge in [-0.1, -0.05) is 24.3 Å². The van der Waals surface area contributed by atoms with Gasteiger partial charge < -0.3 is 0 Å². The van der Waals surface area contributed by atoms with E-state index < -0.39 is 0 Å². The van der Waals surface area contributed by atoms with Crippen molar-refractivity contribution in [1.82, 2.24) is 15.4 Å². The predicted octanol–water partition coefficient (Wildman–Crippen LogP) is 3.27. The van der Waals surface area contributed by atoms with Crippen LogP contribution in [0.1, 0.15) is 40.4 Å². The lowest BCUT2D eigenvalue weighted by Crippen LogP contribution is -2.18. The molecule has 118 valence electrons. The number of para-hydroxylation sites is 1. The molecule has 0 radical (unpaired) electrons. The van der Waals surface area contributed by atoms with Gasteiger partial charge in [0, 0.05) is 35.0 Å². The summed E-state index contributed by atoms with van der Waals surface area (Å²) >= 11 is 0. The molecule has 0 spiro atoms. The molecule has 24 heavy (non-hydrogen) atoms. The van der Waals surface area contributed by atoms with Crippen LogP contribution in [0.3, 0.4) is 0 Å². The summed E-state index contributed by atoms with van der Waals surface area (Å²) in [7, 11) is 0. The first-order chi connectivity index (χ1) is 11.8. The average Bonchev–Trinajstić information content (AvgIpc) is 3.47. The Kier molecular flexibility index (Phi) is 3.75. The summed E-state index contributed by atoms with van der Waals surface area (Å²) in [4.78, 5) is 21.3. The van der Waals surface area contributed by atoms with Crippen molar-refractivity contribution in [3.8, 4) is 0 Å². The first kappa shape index (κ1) is 14.5. The van der Waals surface area contributed by atoms with Crippen LogP contribution in [0.15, 0.2) is 60.0 Å². The van der Waals surface area contributed by atoms with Crippen molar-refractivity contribution in [2.24, 2.45) is 5.10 Å². The number of pyridine rings is 2. The van der Waals surface area contributed by atoms with Gasteiger partial charge in [0.2, 0.25) is 0 Å². The van der Waals surface area contributed by atoms with Gasteiger partial charge in [0.15, 0.2) is 0 Å². The van der Waals surface area contributed by atoms with Crippen molar-refractivity contribution in [2.75, 3.05) is 0 Å². The molecule has 5 heteroatoms. The molecular formula is C19H16N4O. The minimum Gasteiger partial charge on any atom is -0.267 e. The van der Waals surface area contributed by atoms with Crippen LogP contribution in [-0.4, -0.2) is 22.1 Å². The van der Waals surface area contributed by atoms with E-state index in [1.54, 1.807) is 18.6 Å². The van der Waals surface area contributed by atoms with Crippen molar-refractivity contribution in [2.45, 2.75) is 18.8 Å². The molecule has 1 aliphatic rings. The van der Waals surface area contributed by atoms with Crippen LogP contribution in [0.4, 0.5) is 0 Å². The van der Waals surface area contributed by atoms with Crippen LogP contribution in [0.5, 0.6) is 0 Å². The molecule has 1 aliphatic carbocycles. The maximum atomic E-state index is 12.6. The van der Waals surface area contributed by atoms with Gasteiger partial charge in [0.1, 0.15) is 0 Å². The van der Waals surface area contributed by atoms with Gasteiger partial charge in [0.05, 0.1) is 17.3 Å². The molecule has 1 fully saturated rings. The zero-order valence-electron chi connectivity index (χ0n) is 13.0. The number of rotatable bonds is 4. The number of carbonyl (C=O) groups is 1. The van der Waals surface area contributed by atoms with Crippen LogP contribution in [0, 0.1) is 0 Å². The number of hydrogen-bond acceptors (Lipinski definition) is 4. The molecule has 0 aliphatic heterocycles. The number of hydrogen-bond donors (Lipinski definition) is 1. The van der Waals surface area contributed by atoms with E-state index in [2.05, 4.69) is 20.5 Å². The first-order valence-corrected chi connectivity index (χ1v) is 7.94. The quantitative estimate of drug-likeness (QED) is 0.593. The van der Waals surface area contributed by atoms with E-state index in [0.29, 0.717) is 11.5 Å². The lowest BCUT2D eigenvalue weighted by atomic mass is 10.1. The zero-order chi connectivity index (χ0) is 16.4. The van der Waals surface area contributed by atoms with Gasteiger partial charge in [-0.15, -0.1) is 0 Å². The molecule has 0 unspecified atom stereocenters. The monoisotopic (exact) mass is 316 g/mol. The Hall–Kier alpha value is -3.08. The number of nitrogens with zero attached hydrogens (tertiary/aromatic N) is 3. The SMILES string of the molecule is O=C(N/N=C\c1cccnc1)c1cc(C2CC2)nc2ccccc12. The summed E-state index contributed by atoms with van der Waals surface area (Å²) in [5.74, 6) is 0.260. The summed E-state index contributed by atoms with van der Waals surface area (Å²) in [6, 6.07) is 13.3. The highest BCUT2D eigenvalue weighted by molar-refractivity contribution is 6.06. The highest BCUT2D eigenvalue weighted by Gasteiger charge is 2.26. The molecule has 0 atom stereocenters. The number of nitrogens with one attached hydrogen (secondary N) is 1. The van der Waals surface area contributed by atoms with Crippen molar-refractivity contribution in [1.29, 1.82) is 0 Å². The van der Waals surface area contributed by atoms with Crippen LogP contribution in [0.25, 0.3) is 10.9 Å². The Morgan fingerprint density at radius 1 is 1.21 bits per heavy atom. The van der Waals surface area contributed by atoms with E-state index in [-0.39, 0.29) is 5.91 Å². The average molecular weight is 316 g/mol. The Morgan fingerprint density at radius 3 is 2.88 bits per heavy atom. The van der Waals surface area contributed by atoms with Gasteiger partial charge in [-0.2, -0.15) is 5.10 Å². The van der Waals surface area contributed by atoms with E-state index in [0.717, 1.165) is 35.0 Å². The third kappa shape index (κ3) is 3.01. The number of carbonyl (C=O) groups excluding carboxylic acids is 1. The van der Waals surface area contributed by atoms with Crippen molar-refractivity contribution in [3.63, 3.8) is 0 Å². The van der Waals surface area contributed by atoms with Gasteiger partial charge in [-0.05, 0) is 31.0 Å². The van der Waals surface area contributed by atoms with Gasteiger partial charge in [-0.25, -0.2) is 5.43 Å². The fourth-order valence-corrected chi connectivity index (χ4v) is 2.65. The Morgan fingerprint density at radius 2 is 2.08 bits per heavy atom. The lowest BCUT2D eigenvalue weighted by Gasteiger charge is -2.08. The molecule has 1 amide bonds. The number of benzene rings is 1. The summed E-state index contributed by atoms with van der Waals surface area (Å²) in [5, 5.41) is 4.87. The minimum atomic E-state index is -0.226. The molecule has 1 aromatic carbocycles. The number of fused-ring (bicyclic) bond motifs is 1. The molecule has 1 N–H and O–H groups in total. The second-order valence-corrected chi connectivity index (χ2v) is 5.87. The third-order valence-electron chi connectivity index (χ3n) is 4.04. The molecule has 0 saturated heterocycles. The first-order valence-electron chi connectivity index (χ1n) is 7.94. The van der Waals surface area contributed by atoms with Crippen LogP contribution >= 0.6 is 0 Å². The minimum absolute atomic E-state index is 0.226. The fourth-order valence-electron chi connectivity index (χ4n) is 2.65. The van der Waals surface area contributed by atoms with Crippen LogP contribution in [0.2, 0.25) is 0 Å². The Balaban J connectivity index is 1.62. The molecule has 2 aromatic heterocycles. The van der Waals surface area contributed by atoms with E-state index in [1.807, 2.05) is 42.5 Å². The highest BCUT2D eigenvalue weighted by atomic mass is 16.2. The van der Waals surface area contributed by atoms with E-state index in [9.17, 15) is 4.79 Å². The molecule has 0 bridgehead atoms. The Bertz CT molecular complexity index is 917. The van der Waals surface area contributed by atoms with Gasteiger partial charge in [-0.3, -0.25) is 14.8 Å². The largest absolute Gasteiger partial charge is 0.272 e. The predicted molar refractivity (Wildman–Crippen MR) is 93.0 cm³/mol. The van der Waals surface area contributed by atoms with Crippen molar-refractivity contribution in [3.05, 3.63) is 71.7 Å². The van der Waals surface area contributed by atoms with E-state index >= 15 is 0 Å². The molecule has 5 nitrogen and oxygen atoms in total. The summed E-state index contributed by atoms with van der Waals surface area (Å²) in [6.45, 7) is 0. The lowest BCUT2D eigenvalue weighted by molar-refractivity contribution is 0.0956. The summed E-state index contributed by atoms with van der Waals surface area (Å²) in [5.41, 5.74) is 5.89. The number of aromatic nitrogens is 2. The molecular weight excluding hydrogens is 300 g/mol. The van der Waals surface area contributed by atoms with Gasteiger partial charge in [0.25, 0.3) is 5.91 Å². The van der Waals surface area contributed by atoms with E-state index in [1.165, 1.54) is 0 Å². The van der Waals surface area contributed by atoms with Crippen LogP contribution in [-0.2, 0) is 0 Å². The summed E-state index contributed by atoms with van der Waals surface area (Å²) < 4.78 is 0.